The van der Waals surface area contributed by atoms with E-state index in [1.807, 2.05) is 18.3 Å². The molecule has 1 aromatic carbocycles. The summed E-state index contributed by atoms with van der Waals surface area (Å²) in [6.07, 6.45) is 4.39. The van der Waals surface area contributed by atoms with Crippen LogP contribution in [0, 0.1) is 11.3 Å². The molecule has 0 bridgehead atoms. The first-order valence-electron chi connectivity index (χ1n) is 5.53. The van der Waals surface area contributed by atoms with Gasteiger partial charge in [0.2, 0.25) is 0 Å². The minimum absolute atomic E-state index is 0.550. The molecule has 0 aliphatic heterocycles. The summed E-state index contributed by atoms with van der Waals surface area (Å²) in [5.41, 5.74) is 2.51. The Morgan fingerprint density at radius 1 is 1.35 bits per heavy atom. The van der Waals surface area contributed by atoms with Crippen LogP contribution in [0.25, 0.3) is 5.69 Å². The van der Waals surface area contributed by atoms with Gasteiger partial charge in [-0.1, -0.05) is 11.6 Å². The number of benzene rings is 1. The van der Waals surface area contributed by atoms with E-state index in [9.17, 15) is 0 Å². The van der Waals surface area contributed by atoms with Gasteiger partial charge in [0.05, 0.1) is 28.0 Å². The van der Waals surface area contributed by atoms with Crippen molar-refractivity contribution in [2.24, 2.45) is 0 Å². The molecule has 17 heavy (non-hydrogen) atoms. The highest BCUT2D eigenvalue weighted by Gasteiger charge is 2.26. The lowest BCUT2D eigenvalue weighted by Crippen LogP contribution is -1.97. The second-order valence-electron chi connectivity index (χ2n) is 4.24. The molecule has 1 fully saturated rings. The zero-order valence-electron chi connectivity index (χ0n) is 9.10. The van der Waals surface area contributed by atoms with E-state index in [4.69, 9.17) is 16.9 Å². The van der Waals surface area contributed by atoms with Gasteiger partial charge in [-0.15, -0.1) is 0 Å². The highest BCUT2D eigenvalue weighted by Crippen LogP contribution is 2.39. The maximum atomic E-state index is 8.78. The Labute approximate surface area is 104 Å². The first kappa shape index (κ1) is 10.4. The summed E-state index contributed by atoms with van der Waals surface area (Å²) in [6.45, 7) is 0. The second-order valence-corrected chi connectivity index (χ2v) is 4.64. The standard InChI is InChI=1S/C13H10ClN3/c14-11-7-9(8-15)1-4-13(11)17-6-5-12(16-17)10-2-3-10/h1,4-7,10H,2-3H2. The Balaban J connectivity index is 1.99. The number of aromatic nitrogens is 2. The summed E-state index contributed by atoms with van der Waals surface area (Å²) in [5, 5.41) is 13.8. The zero-order chi connectivity index (χ0) is 11.8. The first-order valence-corrected chi connectivity index (χ1v) is 5.91. The van der Waals surface area contributed by atoms with E-state index in [2.05, 4.69) is 11.2 Å². The molecule has 3 rings (SSSR count). The molecule has 84 valence electrons. The molecule has 1 saturated carbocycles. The van der Waals surface area contributed by atoms with E-state index in [-0.39, 0.29) is 0 Å². The topological polar surface area (TPSA) is 41.6 Å². The van der Waals surface area contributed by atoms with Gasteiger partial charge in [0, 0.05) is 12.1 Å². The van der Waals surface area contributed by atoms with Gasteiger partial charge in [-0.05, 0) is 37.1 Å². The first-order chi connectivity index (χ1) is 8.28. The molecule has 0 unspecified atom stereocenters. The molecule has 0 radical (unpaired) electrons. The van der Waals surface area contributed by atoms with E-state index < -0.39 is 0 Å². The fourth-order valence-corrected chi connectivity index (χ4v) is 2.10. The fourth-order valence-electron chi connectivity index (χ4n) is 1.83. The molecule has 0 N–H and O–H groups in total. The van der Waals surface area contributed by atoms with Crippen molar-refractivity contribution < 1.29 is 0 Å². The summed E-state index contributed by atoms with van der Waals surface area (Å²) < 4.78 is 1.77. The molecule has 1 aromatic heterocycles. The Kier molecular flexibility index (Phi) is 2.38. The van der Waals surface area contributed by atoms with Gasteiger partial charge in [0.15, 0.2) is 0 Å². The summed E-state index contributed by atoms with van der Waals surface area (Å²) >= 11 is 6.14. The molecule has 0 spiro atoms. The number of hydrogen-bond donors (Lipinski definition) is 0. The van der Waals surface area contributed by atoms with Crippen LogP contribution in [0.5, 0.6) is 0 Å². The lowest BCUT2D eigenvalue weighted by Gasteiger charge is -2.04. The Hall–Kier alpha value is -1.79. The van der Waals surface area contributed by atoms with E-state index in [0.29, 0.717) is 16.5 Å². The van der Waals surface area contributed by atoms with Gasteiger partial charge < -0.3 is 0 Å². The van der Waals surface area contributed by atoms with Gasteiger partial charge in [-0.2, -0.15) is 10.4 Å². The van der Waals surface area contributed by atoms with Gasteiger partial charge >= 0.3 is 0 Å². The normalized spacial score (nSPS) is 14.6. The zero-order valence-corrected chi connectivity index (χ0v) is 9.85. The van der Waals surface area contributed by atoms with E-state index in [1.165, 1.54) is 12.8 Å². The number of hydrogen-bond acceptors (Lipinski definition) is 2. The molecule has 0 saturated heterocycles. The third-order valence-corrected chi connectivity index (χ3v) is 3.23. The van der Waals surface area contributed by atoms with E-state index in [0.717, 1.165) is 11.4 Å². The summed E-state index contributed by atoms with van der Waals surface area (Å²) in [4.78, 5) is 0. The van der Waals surface area contributed by atoms with E-state index >= 15 is 0 Å². The Morgan fingerprint density at radius 2 is 2.18 bits per heavy atom. The molecule has 1 aliphatic carbocycles. The average Bonchev–Trinajstić information content (AvgIpc) is 3.08. The molecular formula is C13H10ClN3. The summed E-state index contributed by atoms with van der Waals surface area (Å²) in [5.74, 6) is 0.633. The van der Waals surface area contributed by atoms with Crippen LogP contribution in [-0.2, 0) is 0 Å². The minimum Gasteiger partial charge on any atom is -0.239 e. The third kappa shape index (κ3) is 1.92. The number of nitrogens with zero attached hydrogens (tertiary/aromatic N) is 3. The van der Waals surface area contributed by atoms with Crippen molar-refractivity contribution in [3.05, 3.63) is 46.7 Å². The maximum Gasteiger partial charge on any atom is 0.0992 e. The van der Waals surface area contributed by atoms with Crippen molar-refractivity contribution in [1.82, 2.24) is 9.78 Å². The van der Waals surface area contributed by atoms with Crippen molar-refractivity contribution in [3.63, 3.8) is 0 Å². The molecule has 2 aromatic rings. The molecule has 3 nitrogen and oxygen atoms in total. The number of rotatable bonds is 2. The molecule has 1 aliphatic rings. The van der Waals surface area contributed by atoms with Crippen LogP contribution in [-0.4, -0.2) is 9.78 Å². The molecule has 0 atom stereocenters. The number of halogens is 1. The van der Waals surface area contributed by atoms with Gasteiger partial charge in [0.1, 0.15) is 0 Å². The van der Waals surface area contributed by atoms with Gasteiger partial charge in [0.25, 0.3) is 0 Å². The van der Waals surface area contributed by atoms with Crippen LogP contribution in [0.3, 0.4) is 0 Å². The fraction of sp³-hybridized carbons (Fsp3) is 0.231. The summed E-state index contributed by atoms with van der Waals surface area (Å²) in [6, 6.07) is 9.34. The van der Waals surface area contributed by atoms with Crippen LogP contribution in [0.2, 0.25) is 5.02 Å². The van der Waals surface area contributed by atoms with Crippen molar-refractivity contribution >= 4 is 11.6 Å². The van der Waals surface area contributed by atoms with Crippen molar-refractivity contribution in [2.45, 2.75) is 18.8 Å². The van der Waals surface area contributed by atoms with Crippen molar-refractivity contribution in [3.8, 4) is 11.8 Å². The quantitative estimate of drug-likeness (QED) is 0.812. The average molecular weight is 244 g/mol. The van der Waals surface area contributed by atoms with Crippen molar-refractivity contribution in [1.29, 1.82) is 5.26 Å². The van der Waals surface area contributed by atoms with Gasteiger partial charge in [-0.25, -0.2) is 4.68 Å². The van der Waals surface area contributed by atoms with Crippen LogP contribution in [0.15, 0.2) is 30.5 Å². The highest BCUT2D eigenvalue weighted by molar-refractivity contribution is 6.32. The van der Waals surface area contributed by atoms with Crippen LogP contribution in [0.4, 0.5) is 0 Å². The van der Waals surface area contributed by atoms with Crippen LogP contribution >= 0.6 is 11.6 Å². The Bertz CT molecular complexity index is 605. The molecule has 0 amide bonds. The Morgan fingerprint density at radius 3 is 2.82 bits per heavy atom. The van der Waals surface area contributed by atoms with Crippen LogP contribution in [0.1, 0.15) is 30.0 Å². The molecule has 4 heteroatoms. The smallest absolute Gasteiger partial charge is 0.0992 e. The predicted octanol–water partition coefficient (Wildman–Crippen LogP) is 3.27. The van der Waals surface area contributed by atoms with Crippen molar-refractivity contribution in [2.75, 3.05) is 0 Å². The van der Waals surface area contributed by atoms with Crippen LogP contribution < -0.4 is 0 Å². The largest absolute Gasteiger partial charge is 0.239 e. The lowest BCUT2D eigenvalue weighted by atomic mass is 10.2. The highest BCUT2D eigenvalue weighted by atomic mass is 35.5. The molecular weight excluding hydrogens is 234 g/mol. The minimum atomic E-state index is 0.550. The second kappa shape index (κ2) is 3.90. The van der Waals surface area contributed by atoms with E-state index in [1.54, 1.807) is 16.8 Å². The maximum absolute atomic E-state index is 8.78. The monoisotopic (exact) mass is 243 g/mol. The third-order valence-electron chi connectivity index (χ3n) is 2.93. The van der Waals surface area contributed by atoms with Gasteiger partial charge in [-0.3, -0.25) is 0 Å². The predicted molar refractivity (Wildman–Crippen MR) is 65.3 cm³/mol. The molecule has 1 heterocycles. The SMILES string of the molecule is N#Cc1ccc(-n2ccc(C3CC3)n2)c(Cl)c1. The summed E-state index contributed by atoms with van der Waals surface area (Å²) in [7, 11) is 0. The number of nitriles is 1. The lowest BCUT2D eigenvalue weighted by molar-refractivity contribution is 0.837.